The lowest BCUT2D eigenvalue weighted by Gasteiger charge is -2.45. The molecular formula is C45H53F2N5O6Si. The second kappa shape index (κ2) is 16.6. The third-order valence-electron chi connectivity index (χ3n) is 10.9. The van der Waals surface area contributed by atoms with Crippen LogP contribution in [-0.4, -0.2) is 84.2 Å². The number of nitrogens with one attached hydrogen (secondary N) is 1. The lowest BCUT2D eigenvalue weighted by molar-refractivity contribution is -0.147. The summed E-state index contributed by atoms with van der Waals surface area (Å²) in [6.07, 6.45) is -0.834. The van der Waals surface area contributed by atoms with Crippen LogP contribution in [0.2, 0.25) is 5.04 Å². The Morgan fingerprint density at radius 1 is 0.881 bits per heavy atom. The van der Waals surface area contributed by atoms with Crippen molar-refractivity contribution >= 4 is 53.4 Å². The number of fused-ring (bicyclic) bond motifs is 1. The van der Waals surface area contributed by atoms with Gasteiger partial charge in [0.25, 0.3) is 14.2 Å². The number of hydrogen-bond acceptors (Lipinski definition) is 8. The molecule has 0 unspecified atom stereocenters. The lowest BCUT2D eigenvalue weighted by Crippen LogP contribution is -2.68. The van der Waals surface area contributed by atoms with Crippen molar-refractivity contribution in [2.75, 3.05) is 26.1 Å². The fraction of sp³-hybridized carbons (Fsp3) is 0.400. The van der Waals surface area contributed by atoms with Gasteiger partial charge in [-0.15, -0.1) is 0 Å². The maximum absolute atomic E-state index is 15.3. The Kier molecular flexibility index (Phi) is 11.8. The first-order valence-electron chi connectivity index (χ1n) is 20.3. The number of aromatic nitrogens is 3. The molecule has 3 aromatic carbocycles. The number of anilines is 1. The van der Waals surface area contributed by atoms with Crippen LogP contribution in [0.15, 0.2) is 103 Å². The molecule has 1 saturated carbocycles. The number of rotatable bonds is 11. The Balaban J connectivity index is 1.44. The summed E-state index contributed by atoms with van der Waals surface area (Å²) in [5.74, 6) is -3.70. The van der Waals surface area contributed by atoms with Gasteiger partial charge in [-0.05, 0) is 78.9 Å². The summed E-state index contributed by atoms with van der Waals surface area (Å²) in [7, 11) is -2.49. The maximum Gasteiger partial charge on any atom is 0.435 e. The number of likely N-dealkylation sites (N-methyl/N-ethyl adjacent to an activating group) is 1. The summed E-state index contributed by atoms with van der Waals surface area (Å²) < 4.78 is 57.7. The Labute approximate surface area is 346 Å². The molecule has 312 valence electrons. The average Bonchev–Trinajstić information content (AvgIpc) is 3.64. The van der Waals surface area contributed by atoms with Gasteiger partial charge in [-0.25, -0.2) is 18.6 Å². The highest BCUT2D eigenvalue weighted by molar-refractivity contribution is 6.99. The molecule has 2 heterocycles. The van der Waals surface area contributed by atoms with Gasteiger partial charge in [0.15, 0.2) is 0 Å². The van der Waals surface area contributed by atoms with E-state index in [1.807, 2.05) is 60.7 Å². The second-order valence-electron chi connectivity index (χ2n) is 17.1. The topological polar surface area (TPSA) is 125 Å². The minimum absolute atomic E-state index is 0.0891. The zero-order valence-electron chi connectivity index (χ0n) is 35.6. The first-order valence-corrected chi connectivity index (χ1v) is 21.5. The largest absolute Gasteiger partial charge is 0.497 e. The Morgan fingerprint density at radius 3 is 2.00 bits per heavy atom. The van der Waals surface area contributed by atoms with Crippen molar-refractivity contribution in [2.24, 2.45) is 0 Å². The zero-order chi connectivity index (χ0) is 43.5. The summed E-state index contributed by atoms with van der Waals surface area (Å²) in [6.45, 7) is 11.1. The van der Waals surface area contributed by atoms with Gasteiger partial charge in [-0.3, -0.25) is 9.59 Å². The summed E-state index contributed by atoms with van der Waals surface area (Å²) >= 11 is 0. The Morgan fingerprint density at radius 2 is 1.47 bits per heavy atom. The van der Waals surface area contributed by atoms with Gasteiger partial charge in [-0.2, -0.15) is 9.78 Å². The van der Waals surface area contributed by atoms with Crippen molar-refractivity contribution in [2.45, 2.75) is 95.2 Å². The van der Waals surface area contributed by atoms with E-state index in [9.17, 15) is 18.4 Å². The number of ether oxygens (including phenoxy) is 2. The number of halogens is 2. The normalized spacial score (nSPS) is 16.1. The molecule has 1 N–H and O–H groups in total. The highest BCUT2D eigenvalue weighted by atomic mass is 28.4. The van der Waals surface area contributed by atoms with E-state index in [4.69, 9.17) is 15.3 Å². The molecule has 5 aromatic rings. The fourth-order valence-corrected chi connectivity index (χ4v) is 12.5. The minimum Gasteiger partial charge on any atom is -0.497 e. The Hall–Kier alpha value is -5.47. The van der Waals surface area contributed by atoms with Crippen LogP contribution < -0.4 is 20.4 Å². The fourth-order valence-electron chi connectivity index (χ4n) is 7.91. The maximum atomic E-state index is 15.3. The highest BCUT2D eigenvalue weighted by Crippen LogP contribution is 2.47. The molecule has 2 aromatic heterocycles. The van der Waals surface area contributed by atoms with E-state index in [1.54, 1.807) is 51.1 Å². The number of hydrogen-bond donors (Lipinski definition) is 1. The molecule has 0 bridgehead atoms. The van der Waals surface area contributed by atoms with Gasteiger partial charge in [-0.1, -0.05) is 93.6 Å². The van der Waals surface area contributed by atoms with Crippen LogP contribution >= 0.6 is 0 Å². The predicted molar refractivity (Wildman–Crippen MR) is 226 cm³/mol. The molecule has 1 aliphatic rings. The van der Waals surface area contributed by atoms with Gasteiger partial charge >= 0.3 is 6.09 Å². The third-order valence-corrected chi connectivity index (χ3v) is 15.9. The van der Waals surface area contributed by atoms with Crippen molar-refractivity contribution in [1.29, 1.82) is 0 Å². The number of amides is 2. The monoisotopic (exact) mass is 826 g/mol. The molecule has 1 atom stereocenters. The lowest BCUT2D eigenvalue weighted by atomic mass is 9.67. The van der Waals surface area contributed by atoms with Gasteiger partial charge in [0.05, 0.1) is 30.8 Å². The molecule has 0 aliphatic heterocycles. The highest BCUT2D eigenvalue weighted by Gasteiger charge is 2.53. The van der Waals surface area contributed by atoms with E-state index in [0.29, 0.717) is 16.8 Å². The van der Waals surface area contributed by atoms with Gasteiger partial charge in [0.2, 0.25) is 11.8 Å². The van der Waals surface area contributed by atoms with Crippen LogP contribution in [0.25, 0.3) is 11.0 Å². The molecule has 59 heavy (non-hydrogen) atoms. The number of benzene rings is 3. The van der Waals surface area contributed by atoms with Crippen molar-refractivity contribution in [3.8, 4) is 5.75 Å². The van der Waals surface area contributed by atoms with Crippen LogP contribution in [0.5, 0.6) is 5.75 Å². The summed E-state index contributed by atoms with van der Waals surface area (Å²) in [5.41, 5.74) is -1.13. The molecule has 1 aliphatic carbocycles. The van der Waals surface area contributed by atoms with Gasteiger partial charge in [0.1, 0.15) is 28.7 Å². The zero-order valence-corrected chi connectivity index (χ0v) is 35.6. The smallest absolute Gasteiger partial charge is 0.435 e. The van der Waals surface area contributed by atoms with Crippen LogP contribution in [-0.2, 0) is 24.2 Å². The third kappa shape index (κ3) is 8.93. The van der Waals surface area contributed by atoms with Crippen molar-refractivity contribution < 1.29 is 38.4 Å². The molecule has 0 spiro atoms. The second-order valence-corrected chi connectivity index (χ2v) is 21.4. The summed E-state index contributed by atoms with van der Waals surface area (Å²) in [4.78, 5) is 48.7. The number of pyridine rings is 1. The number of carbonyl (C=O) groups is 3. The molecule has 6 rings (SSSR count). The molecule has 2 amide bonds. The SMILES string of the molecule is [2H]CN(C(=O)C1(c2ccc(OC)cc2)CCC(F)(F)CC1)[C@@H](CO[Si](c1ccccc1)(c1ccccc1)C(C)(C)C)C(=O)Nc1ccc2c(cnn2C(=O)OC(C)(C)C)n1. The summed E-state index contributed by atoms with van der Waals surface area (Å²) in [5, 5.41) is 8.36. The van der Waals surface area contributed by atoms with E-state index < -0.39 is 74.1 Å². The van der Waals surface area contributed by atoms with E-state index in [2.05, 4.69) is 36.2 Å². The molecular weight excluding hydrogens is 773 g/mol. The molecule has 1 fully saturated rings. The molecule has 11 nitrogen and oxygen atoms in total. The first-order chi connectivity index (χ1) is 28.3. The van der Waals surface area contributed by atoms with Crippen LogP contribution in [0.3, 0.4) is 0 Å². The molecule has 14 heteroatoms. The first kappa shape index (κ1) is 41.7. The van der Waals surface area contributed by atoms with Crippen molar-refractivity contribution in [3.05, 3.63) is 109 Å². The molecule has 0 radical (unpaired) electrons. The van der Waals surface area contributed by atoms with E-state index >= 15 is 4.79 Å². The van der Waals surface area contributed by atoms with Gasteiger partial charge in [0, 0.05) is 21.2 Å². The van der Waals surface area contributed by atoms with Crippen LogP contribution in [0, 0.1) is 0 Å². The average molecular weight is 827 g/mol. The predicted octanol–water partition coefficient (Wildman–Crippen LogP) is 7.71. The quantitative estimate of drug-likeness (QED) is 0.134. The molecule has 0 saturated heterocycles. The van der Waals surface area contributed by atoms with Crippen molar-refractivity contribution in [3.63, 3.8) is 0 Å². The minimum atomic E-state index is -3.32. The van der Waals surface area contributed by atoms with Crippen LogP contribution in [0.1, 0.15) is 74.2 Å². The number of methoxy groups -OCH3 is 1. The number of carbonyl (C=O) groups excluding carboxylic acids is 3. The van der Waals surface area contributed by atoms with E-state index in [-0.39, 0.29) is 30.8 Å². The number of alkyl halides is 2. The standard InChI is InChI=1S/C45H53F2N5O6Si/c1-42(2,3)58-41(55)52-36-23-24-38(49-35(36)29-48-52)50-39(53)37(30-57-59(43(4,5)6,33-15-11-9-12-16-33)34-17-13-10-14-18-34)51(7)40(54)44(25-27-45(46,47)28-26-44)31-19-21-32(56-8)22-20-31/h9-24,29,37H,25-28,30H2,1-8H3,(H,49,50,53)/t37-/m0/s1/i7D. The number of nitrogens with zero attached hydrogens (tertiary/aromatic N) is 4. The van der Waals surface area contributed by atoms with Crippen LogP contribution in [0.4, 0.5) is 19.4 Å². The summed E-state index contributed by atoms with van der Waals surface area (Å²) in [6, 6.07) is 27.9. The van der Waals surface area contributed by atoms with Crippen molar-refractivity contribution in [1.82, 2.24) is 19.7 Å². The van der Waals surface area contributed by atoms with E-state index in [1.165, 1.54) is 19.4 Å². The van der Waals surface area contributed by atoms with Gasteiger partial charge < -0.3 is 24.1 Å². The van der Waals surface area contributed by atoms with E-state index in [0.717, 1.165) is 20.0 Å². The Bertz CT molecular complexity index is 2250.